The molecule has 4 heteroatoms. The van der Waals surface area contributed by atoms with Gasteiger partial charge in [-0.3, -0.25) is 4.79 Å². The van der Waals surface area contributed by atoms with Gasteiger partial charge in [0.05, 0.1) is 0 Å². The van der Waals surface area contributed by atoms with Gasteiger partial charge in [-0.15, -0.1) is 12.4 Å². The lowest BCUT2D eigenvalue weighted by atomic mass is 9.79. The Morgan fingerprint density at radius 3 is 2.32 bits per heavy atom. The summed E-state index contributed by atoms with van der Waals surface area (Å²) in [5, 5.41) is 6.59. The summed E-state index contributed by atoms with van der Waals surface area (Å²) in [4.78, 5) is 12.2. The van der Waals surface area contributed by atoms with Crippen molar-refractivity contribution < 1.29 is 4.79 Å². The van der Waals surface area contributed by atoms with Crippen molar-refractivity contribution in [2.45, 2.75) is 65.8 Å². The van der Waals surface area contributed by atoms with Crippen LogP contribution in [0.15, 0.2) is 0 Å². The number of hydrogen-bond donors (Lipinski definition) is 2. The summed E-state index contributed by atoms with van der Waals surface area (Å²) in [5.41, 5.74) is 0.300. The van der Waals surface area contributed by atoms with Crippen molar-refractivity contribution in [1.29, 1.82) is 0 Å². The number of hydrogen-bond acceptors (Lipinski definition) is 2. The van der Waals surface area contributed by atoms with E-state index in [1.807, 2.05) is 0 Å². The van der Waals surface area contributed by atoms with E-state index in [9.17, 15) is 4.79 Å². The summed E-state index contributed by atoms with van der Waals surface area (Å²) in [6, 6.07) is 0.475. The number of halogens is 1. The first kappa shape index (κ1) is 18.7. The van der Waals surface area contributed by atoms with Gasteiger partial charge in [-0.05, 0) is 51.0 Å². The minimum absolute atomic E-state index is 0. The van der Waals surface area contributed by atoms with E-state index in [-0.39, 0.29) is 24.2 Å². The molecule has 0 spiro atoms. The van der Waals surface area contributed by atoms with E-state index in [1.165, 1.54) is 0 Å². The Kier molecular flexibility index (Phi) is 8.67. The molecule has 2 N–H and O–H groups in total. The van der Waals surface area contributed by atoms with Crippen LogP contribution in [0.2, 0.25) is 0 Å². The molecule has 1 aliphatic rings. The highest BCUT2D eigenvalue weighted by Crippen LogP contribution is 2.29. The highest BCUT2D eigenvalue weighted by molar-refractivity contribution is 5.85. The fraction of sp³-hybridized carbons (Fsp3) is 0.933. The summed E-state index contributed by atoms with van der Waals surface area (Å²) in [6.07, 6.45) is 5.38. The molecule has 0 saturated carbocycles. The van der Waals surface area contributed by atoms with Gasteiger partial charge in [0.15, 0.2) is 0 Å². The second kappa shape index (κ2) is 8.80. The molecular formula is C15H31ClN2O. The minimum atomic E-state index is 0. The monoisotopic (exact) mass is 290 g/mol. The fourth-order valence-electron chi connectivity index (χ4n) is 2.91. The van der Waals surface area contributed by atoms with Gasteiger partial charge in [0.25, 0.3) is 0 Å². The molecule has 0 aliphatic carbocycles. The molecule has 1 heterocycles. The average molecular weight is 291 g/mol. The second-order valence-corrected chi connectivity index (χ2v) is 5.85. The first-order valence-corrected chi connectivity index (χ1v) is 7.58. The number of amides is 1. The molecule has 1 fully saturated rings. The first-order valence-electron chi connectivity index (χ1n) is 7.58. The Hall–Kier alpha value is -0.280. The topological polar surface area (TPSA) is 41.1 Å². The van der Waals surface area contributed by atoms with Crippen molar-refractivity contribution in [2.75, 3.05) is 13.1 Å². The predicted octanol–water partition coefficient (Wildman–Crippen LogP) is 3.13. The summed E-state index contributed by atoms with van der Waals surface area (Å²) < 4.78 is 0. The smallest absolute Gasteiger partial charge is 0.223 e. The summed E-state index contributed by atoms with van der Waals surface area (Å²) >= 11 is 0. The van der Waals surface area contributed by atoms with Crippen LogP contribution in [-0.4, -0.2) is 25.0 Å². The molecular weight excluding hydrogens is 260 g/mol. The van der Waals surface area contributed by atoms with E-state index in [2.05, 4.69) is 38.3 Å². The fourth-order valence-corrected chi connectivity index (χ4v) is 2.91. The van der Waals surface area contributed by atoms with Gasteiger partial charge >= 0.3 is 0 Å². The molecule has 1 aliphatic heterocycles. The Morgan fingerprint density at radius 1 is 1.26 bits per heavy atom. The molecule has 0 radical (unpaired) electrons. The molecule has 0 aromatic rings. The normalized spacial score (nSPS) is 23.6. The van der Waals surface area contributed by atoms with Crippen LogP contribution in [-0.2, 0) is 4.79 Å². The van der Waals surface area contributed by atoms with E-state index >= 15 is 0 Å². The third-order valence-corrected chi connectivity index (χ3v) is 4.88. The van der Waals surface area contributed by atoms with Crippen LogP contribution in [0.3, 0.4) is 0 Å². The molecule has 3 nitrogen and oxygen atoms in total. The van der Waals surface area contributed by atoms with Crippen LogP contribution in [0.1, 0.15) is 59.8 Å². The van der Waals surface area contributed by atoms with Crippen molar-refractivity contribution in [3.63, 3.8) is 0 Å². The van der Waals surface area contributed by atoms with Crippen LogP contribution >= 0.6 is 12.4 Å². The van der Waals surface area contributed by atoms with Gasteiger partial charge in [0.2, 0.25) is 5.91 Å². The lowest BCUT2D eigenvalue weighted by molar-refractivity contribution is -0.126. The molecule has 0 aromatic carbocycles. The zero-order valence-electron chi connectivity index (χ0n) is 12.9. The Morgan fingerprint density at radius 2 is 1.84 bits per heavy atom. The van der Waals surface area contributed by atoms with E-state index in [4.69, 9.17) is 0 Å². The van der Waals surface area contributed by atoms with Gasteiger partial charge in [-0.1, -0.05) is 20.8 Å². The Balaban J connectivity index is 0.00000324. The van der Waals surface area contributed by atoms with Crippen LogP contribution in [0.5, 0.6) is 0 Å². The quantitative estimate of drug-likeness (QED) is 0.789. The zero-order chi connectivity index (χ0) is 13.6. The third kappa shape index (κ3) is 5.31. The summed E-state index contributed by atoms with van der Waals surface area (Å²) in [7, 11) is 0. The number of rotatable bonds is 6. The van der Waals surface area contributed by atoms with Crippen molar-refractivity contribution in [2.24, 2.45) is 11.3 Å². The largest absolute Gasteiger partial charge is 0.355 e. The maximum atomic E-state index is 12.2. The van der Waals surface area contributed by atoms with E-state index in [0.29, 0.717) is 11.5 Å². The molecule has 114 valence electrons. The van der Waals surface area contributed by atoms with Gasteiger partial charge < -0.3 is 10.6 Å². The van der Waals surface area contributed by atoms with Gasteiger partial charge in [0.1, 0.15) is 0 Å². The maximum absolute atomic E-state index is 12.2. The number of carbonyl (C=O) groups excluding carboxylic acids is 1. The summed E-state index contributed by atoms with van der Waals surface area (Å²) in [5.74, 6) is 0.479. The predicted molar refractivity (Wildman–Crippen MR) is 83.8 cm³/mol. The van der Waals surface area contributed by atoms with Crippen molar-refractivity contribution >= 4 is 18.3 Å². The minimum Gasteiger partial charge on any atom is -0.355 e. The van der Waals surface area contributed by atoms with Gasteiger partial charge in [-0.2, -0.15) is 0 Å². The Bertz CT molecular complexity index is 259. The highest BCUT2D eigenvalue weighted by Gasteiger charge is 2.28. The lowest BCUT2D eigenvalue weighted by Gasteiger charge is -2.32. The number of nitrogens with one attached hydrogen (secondary N) is 2. The number of carbonyl (C=O) groups is 1. The molecule has 0 aromatic heterocycles. The second-order valence-electron chi connectivity index (χ2n) is 5.85. The van der Waals surface area contributed by atoms with Crippen LogP contribution in [0, 0.1) is 11.3 Å². The molecule has 0 unspecified atom stereocenters. The molecule has 1 rings (SSSR count). The van der Waals surface area contributed by atoms with E-state index < -0.39 is 0 Å². The van der Waals surface area contributed by atoms with Gasteiger partial charge in [0, 0.05) is 18.5 Å². The molecule has 2 atom stereocenters. The molecule has 0 bridgehead atoms. The van der Waals surface area contributed by atoms with Gasteiger partial charge in [-0.25, -0.2) is 0 Å². The molecule has 1 amide bonds. The first-order chi connectivity index (χ1) is 8.56. The Labute approximate surface area is 124 Å². The summed E-state index contributed by atoms with van der Waals surface area (Å²) in [6.45, 7) is 10.7. The average Bonchev–Trinajstić information content (AvgIpc) is 2.40. The standard InChI is InChI=1S/C15H30N2O.ClH/c1-5-15(6-2,7-3)11-17-14(18)13-8-9-16-12(4)10-13;/h12-13,16H,5-11H2,1-4H3,(H,17,18);1H/t12-,13-;/m0./s1. The zero-order valence-corrected chi connectivity index (χ0v) is 13.7. The third-order valence-electron chi connectivity index (χ3n) is 4.88. The lowest BCUT2D eigenvalue weighted by Crippen LogP contribution is -2.45. The number of piperidine rings is 1. The van der Waals surface area contributed by atoms with Crippen LogP contribution < -0.4 is 10.6 Å². The van der Waals surface area contributed by atoms with Crippen molar-refractivity contribution in [1.82, 2.24) is 10.6 Å². The van der Waals surface area contributed by atoms with Crippen LogP contribution in [0.25, 0.3) is 0 Å². The molecule has 1 saturated heterocycles. The van der Waals surface area contributed by atoms with E-state index in [1.54, 1.807) is 0 Å². The maximum Gasteiger partial charge on any atom is 0.223 e. The van der Waals surface area contributed by atoms with Crippen molar-refractivity contribution in [3.05, 3.63) is 0 Å². The highest BCUT2D eigenvalue weighted by atomic mass is 35.5. The van der Waals surface area contributed by atoms with Crippen LogP contribution in [0.4, 0.5) is 0 Å². The SMILES string of the molecule is CCC(CC)(CC)CNC(=O)[C@H]1CCN[C@@H](C)C1.Cl. The molecule has 19 heavy (non-hydrogen) atoms. The van der Waals surface area contributed by atoms with Crippen molar-refractivity contribution in [3.8, 4) is 0 Å². The van der Waals surface area contributed by atoms with E-state index in [0.717, 1.165) is 45.2 Å².